The third kappa shape index (κ3) is 2.55. The molecule has 4 bridgehead atoms. The average Bonchev–Trinajstić information content (AvgIpc) is 3.23. The molecule has 1 aromatic carbocycles. The second-order valence-corrected chi connectivity index (χ2v) is 9.82. The summed E-state index contributed by atoms with van der Waals surface area (Å²) in [5.74, 6) is 2.61. The molecule has 0 radical (unpaired) electrons. The lowest BCUT2D eigenvalue weighted by Crippen LogP contribution is -2.51. The van der Waals surface area contributed by atoms with Gasteiger partial charge in [-0.2, -0.15) is 0 Å². The maximum atomic E-state index is 13.3. The van der Waals surface area contributed by atoms with Crippen molar-refractivity contribution in [2.24, 2.45) is 23.2 Å². The summed E-state index contributed by atoms with van der Waals surface area (Å²) in [4.78, 5) is 19.0. The van der Waals surface area contributed by atoms with Crippen molar-refractivity contribution in [2.45, 2.75) is 38.5 Å². The highest BCUT2D eigenvalue weighted by Gasteiger charge is 2.54. The highest BCUT2D eigenvalue weighted by molar-refractivity contribution is 7.15. The molecule has 4 saturated carbocycles. The second kappa shape index (κ2) is 5.68. The fraction of sp³-hybridized carbons (Fsp3) is 0.455. The van der Waals surface area contributed by atoms with Gasteiger partial charge in [0.2, 0.25) is 5.91 Å². The van der Waals surface area contributed by atoms with Crippen LogP contribution in [0.3, 0.4) is 0 Å². The molecule has 0 saturated heterocycles. The van der Waals surface area contributed by atoms with Gasteiger partial charge >= 0.3 is 0 Å². The van der Waals surface area contributed by atoms with Crippen molar-refractivity contribution in [3.05, 3.63) is 42.0 Å². The number of rotatable bonds is 3. The molecule has 0 atom stereocenters. The largest absolute Gasteiger partial charge is 0.326 e. The number of carbonyl (C=O) groups excluding carboxylic acids is 1. The lowest BCUT2D eigenvalue weighted by atomic mass is 9.49. The van der Waals surface area contributed by atoms with Crippen LogP contribution in [0.4, 0.5) is 5.69 Å². The Balaban J connectivity index is 1.26. The maximum Gasteiger partial charge on any atom is 0.230 e. The molecule has 4 aliphatic rings. The Morgan fingerprint density at radius 1 is 1.15 bits per heavy atom. The van der Waals surface area contributed by atoms with Gasteiger partial charge in [0.25, 0.3) is 0 Å². The van der Waals surface area contributed by atoms with Crippen LogP contribution >= 0.6 is 11.3 Å². The molecule has 2 heterocycles. The van der Waals surface area contributed by atoms with E-state index in [1.165, 1.54) is 19.3 Å². The van der Waals surface area contributed by atoms with Crippen LogP contribution in [0, 0.1) is 23.2 Å². The Morgan fingerprint density at radius 3 is 2.59 bits per heavy atom. The Morgan fingerprint density at radius 2 is 1.89 bits per heavy atom. The van der Waals surface area contributed by atoms with Crippen molar-refractivity contribution in [2.75, 3.05) is 5.32 Å². The zero-order valence-electron chi connectivity index (χ0n) is 15.2. The van der Waals surface area contributed by atoms with Crippen LogP contribution < -0.4 is 5.32 Å². The van der Waals surface area contributed by atoms with Gasteiger partial charge in [0.05, 0.1) is 11.1 Å². The van der Waals surface area contributed by atoms with Crippen molar-refractivity contribution in [1.29, 1.82) is 0 Å². The summed E-state index contributed by atoms with van der Waals surface area (Å²) >= 11 is 1.63. The Kier molecular flexibility index (Phi) is 3.34. The molecule has 3 aromatic rings. The first-order valence-electron chi connectivity index (χ1n) is 10.0. The first kappa shape index (κ1) is 15.9. The van der Waals surface area contributed by atoms with Crippen molar-refractivity contribution in [1.82, 2.24) is 9.38 Å². The topological polar surface area (TPSA) is 46.4 Å². The van der Waals surface area contributed by atoms with Crippen molar-refractivity contribution in [3.8, 4) is 11.3 Å². The first-order chi connectivity index (χ1) is 13.2. The van der Waals surface area contributed by atoms with E-state index < -0.39 is 0 Å². The fourth-order valence-electron chi connectivity index (χ4n) is 6.28. The minimum Gasteiger partial charge on any atom is -0.326 e. The van der Waals surface area contributed by atoms with Gasteiger partial charge in [0.1, 0.15) is 0 Å². The van der Waals surface area contributed by atoms with Gasteiger partial charge in [-0.3, -0.25) is 9.20 Å². The van der Waals surface area contributed by atoms with E-state index in [1.54, 1.807) is 11.3 Å². The maximum absolute atomic E-state index is 13.3. The molecule has 4 nitrogen and oxygen atoms in total. The normalized spacial score (nSPS) is 31.5. The van der Waals surface area contributed by atoms with Crippen molar-refractivity contribution >= 4 is 27.9 Å². The molecule has 4 aliphatic carbocycles. The van der Waals surface area contributed by atoms with E-state index in [1.807, 2.05) is 34.3 Å². The van der Waals surface area contributed by atoms with E-state index in [0.717, 1.165) is 58.9 Å². The molecule has 4 fully saturated rings. The Hall–Kier alpha value is -2.14. The minimum absolute atomic E-state index is 0.109. The van der Waals surface area contributed by atoms with Crippen molar-refractivity contribution in [3.63, 3.8) is 0 Å². The zero-order chi connectivity index (χ0) is 18.0. The van der Waals surface area contributed by atoms with Gasteiger partial charge in [-0.15, -0.1) is 11.3 Å². The van der Waals surface area contributed by atoms with Gasteiger partial charge in [0, 0.05) is 29.0 Å². The molecule has 1 N–H and O–H groups in total. The second-order valence-electron chi connectivity index (χ2n) is 8.95. The molecule has 0 spiro atoms. The van der Waals surface area contributed by atoms with E-state index in [0.29, 0.717) is 0 Å². The summed E-state index contributed by atoms with van der Waals surface area (Å²) < 4.78 is 2.04. The quantitative estimate of drug-likeness (QED) is 0.680. The molecule has 27 heavy (non-hydrogen) atoms. The summed E-state index contributed by atoms with van der Waals surface area (Å²) in [7, 11) is 0. The van der Waals surface area contributed by atoms with E-state index in [-0.39, 0.29) is 11.3 Å². The molecular weight excluding hydrogens is 354 g/mol. The summed E-state index contributed by atoms with van der Waals surface area (Å²) in [6.07, 6.45) is 11.4. The van der Waals surface area contributed by atoms with Gasteiger partial charge in [0.15, 0.2) is 4.96 Å². The number of fused-ring (bicyclic) bond motifs is 1. The van der Waals surface area contributed by atoms with Crippen LogP contribution in [-0.2, 0) is 4.79 Å². The van der Waals surface area contributed by atoms with Gasteiger partial charge in [-0.1, -0.05) is 12.1 Å². The number of benzene rings is 1. The van der Waals surface area contributed by atoms with E-state index in [9.17, 15) is 4.79 Å². The molecular formula is C22H23N3OS. The lowest BCUT2D eigenvalue weighted by molar-refractivity contribution is -0.140. The van der Waals surface area contributed by atoms with Crippen LogP contribution in [0.15, 0.2) is 42.0 Å². The first-order valence-corrected chi connectivity index (χ1v) is 10.9. The summed E-state index contributed by atoms with van der Waals surface area (Å²) in [5.41, 5.74) is 2.79. The molecule has 0 unspecified atom stereocenters. The smallest absolute Gasteiger partial charge is 0.230 e. The number of aromatic nitrogens is 2. The molecule has 1 amide bonds. The van der Waals surface area contributed by atoms with Crippen LogP contribution in [-0.4, -0.2) is 15.3 Å². The average molecular weight is 378 g/mol. The predicted octanol–water partition coefficient (Wildman–Crippen LogP) is 5.22. The standard InChI is InChI=1S/C22H23N3OS/c26-20(22-10-14-6-15(11-22)8-16(7-14)12-22)23-18-3-1-2-17(9-18)19-13-25-4-5-27-21(25)24-19/h1-5,9,13-16H,6-8,10-12H2,(H,23,26). The third-order valence-corrected chi connectivity index (χ3v) is 7.80. The number of hydrogen-bond donors (Lipinski definition) is 1. The molecule has 138 valence electrons. The van der Waals surface area contributed by atoms with Crippen LogP contribution in [0.2, 0.25) is 0 Å². The molecule has 0 aliphatic heterocycles. The van der Waals surface area contributed by atoms with Gasteiger partial charge < -0.3 is 5.32 Å². The van der Waals surface area contributed by atoms with E-state index in [4.69, 9.17) is 0 Å². The zero-order valence-corrected chi connectivity index (χ0v) is 16.0. The summed E-state index contributed by atoms with van der Waals surface area (Å²) in [5, 5.41) is 5.30. The fourth-order valence-corrected chi connectivity index (χ4v) is 6.98. The molecule has 2 aromatic heterocycles. The molecule has 7 rings (SSSR count). The summed E-state index contributed by atoms with van der Waals surface area (Å²) in [6.45, 7) is 0. The summed E-state index contributed by atoms with van der Waals surface area (Å²) in [6, 6.07) is 8.13. The third-order valence-electron chi connectivity index (χ3n) is 7.03. The Bertz CT molecular complexity index is 969. The van der Waals surface area contributed by atoms with Crippen LogP contribution in [0.25, 0.3) is 16.2 Å². The highest BCUT2D eigenvalue weighted by Crippen LogP contribution is 2.60. The SMILES string of the molecule is O=C(Nc1cccc(-c2cn3ccsc3n2)c1)C12CC3CC(CC(C3)C1)C2. The number of nitrogens with zero attached hydrogens (tertiary/aromatic N) is 2. The number of thiazole rings is 1. The van der Waals surface area contributed by atoms with E-state index in [2.05, 4.69) is 22.4 Å². The Labute approximate surface area is 162 Å². The highest BCUT2D eigenvalue weighted by atomic mass is 32.1. The van der Waals surface area contributed by atoms with Gasteiger partial charge in [-0.05, 0) is 68.4 Å². The van der Waals surface area contributed by atoms with Crippen molar-refractivity contribution < 1.29 is 4.79 Å². The lowest BCUT2D eigenvalue weighted by Gasteiger charge is -2.55. The predicted molar refractivity (Wildman–Crippen MR) is 108 cm³/mol. The monoisotopic (exact) mass is 377 g/mol. The number of anilines is 1. The van der Waals surface area contributed by atoms with Crippen LogP contribution in [0.5, 0.6) is 0 Å². The molecule has 5 heteroatoms. The number of amides is 1. The van der Waals surface area contributed by atoms with Crippen LogP contribution in [0.1, 0.15) is 38.5 Å². The number of carbonyl (C=O) groups is 1. The van der Waals surface area contributed by atoms with E-state index >= 15 is 0 Å². The minimum atomic E-state index is -0.109. The number of nitrogens with one attached hydrogen (secondary N) is 1. The number of imidazole rings is 1. The number of hydrogen-bond acceptors (Lipinski definition) is 3. The van der Waals surface area contributed by atoms with Gasteiger partial charge in [-0.25, -0.2) is 4.98 Å².